The van der Waals surface area contributed by atoms with Gasteiger partial charge in [0.25, 0.3) is 0 Å². The van der Waals surface area contributed by atoms with Gasteiger partial charge in [-0.15, -0.1) is 0 Å². The van der Waals surface area contributed by atoms with Crippen molar-refractivity contribution in [2.24, 2.45) is 0 Å². The van der Waals surface area contributed by atoms with E-state index in [1.54, 1.807) is 0 Å². The first-order chi connectivity index (χ1) is 8.70. The van der Waals surface area contributed by atoms with Crippen LogP contribution in [0.2, 0.25) is 0 Å². The number of hydrogen-bond acceptors (Lipinski definition) is 3. The molecule has 18 heavy (non-hydrogen) atoms. The maximum atomic E-state index is 11.7. The van der Waals surface area contributed by atoms with Gasteiger partial charge >= 0.3 is 0 Å². The van der Waals surface area contributed by atoms with Gasteiger partial charge in [-0.2, -0.15) is 0 Å². The van der Waals surface area contributed by atoms with Gasteiger partial charge in [-0.25, -0.2) is 0 Å². The molecule has 1 heterocycles. The van der Waals surface area contributed by atoms with E-state index >= 15 is 0 Å². The zero-order valence-corrected chi connectivity index (χ0v) is 10.9. The van der Waals surface area contributed by atoms with E-state index in [2.05, 4.69) is 23.2 Å². The molecule has 0 unspecified atom stereocenters. The van der Waals surface area contributed by atoms with Crippen LogP contribution < -0.4 is 11.1 Å². The Labute approximate surface area is 108 Å². The third kappa shape index (κ3) is 3.01. The Hall–Kier alpha value is -1.55. The molecule has 0 spiro atoms. The van der Waals surface area contributed by atoms with E-state index in [1.807, 2.05) is 12.1 Å². The summed E-state index contributed by atoms with van der Waals surface area (Å²) in [6.45, 7) is 4.98. The molecule has 1 amide bonds. The quantitative estimate of drug-likeness (QED) is 0.785. The van der Waals surface area contributed by atoms with E-state index < -0.39 is 0 Å². The first kappa shape index (κ1) is 12.9. The monoisotopic (exact) mass is 247 g/mol. The summed E-state index contributed by atoms with van der Waals surface area (Å²) in [5.41, 5.74) is 9.33. The van der Waals surface area contributed by atoms with Gasteiger partial charge in [0, 0.05) is 25.3 Å². The van der Waals surface area contributed by atoms with E-state index in [-0.39, 0.29) is 5.91 Å². The average Bonchev–Trinajstić information content (AvgIpc) is 2.37. The Morgan fingerprint density at radius 2 is 2.33 bits per heavy atom. The fraction of sp³-hybridized carbons (Fsp3) is 0.500. The molecule has 0 fully saturated rings. The largest absolute Gasteiger partial charge is 0.398 e. The predicted octanol–water partition coefficient (Wildman–Crippen LogP) is 1.15. The van der Waals surface area contributed by atoms with Crippen LogP contribution in [0.25, 0.3) is 0 Å². The van der Waals surface area contributed by atoms with Gasteiger partial charge in [0.05, 0.1) is 6.54 Å². The molecule has 0 bridgehead atoms. The molecule has 3 N–H and O–H groups in total. The molecule has 0 radical (unpaired) electrons. The van der Waals surface area contributed by atoms with Gasteiger partial charge in [0.15, 0.2) is 0 Å². The van der Waals surface area contributed by atoms with Gasteiger partial charge in [-0.3, -0.25) is 9.69 Å². The summed E-state index contributed by atoms with van der Waals surface area (Å²) < 4.78 is 0. The highest BCUT2D eigenvalue weighted by molar-refractivity contribution is 5.78. The number of fused-ring (bicyclic) bond motifs is 1. The number of hydrogen-bond donors (Lipinski definition) is 2. The van der Waals surface area contributed by atoms with Crippen molar-refractivity contribution >= 4 is 11.6 Å². The fourth-order valence-corrected chi connectivity index (χ4v) is 2.32. The third-order valence-electron chi connectivity index (χ3n) is 3.33. The van der Waals surface area contributed by atoms with Gasteiger partial charge in [0.1, 0.15) is 0 Å². The molecule has 4 heteroatoms. The van der Waals surface area contributed by atoms with Gasteiger partial charge in [0.2, 0.25) is 5.91 Å². The van der Waals surface area contributed by atoms with Crippen LogP contribution in [0.1, 0.15) is 24.5 Å². The molecule has 0 atom stereocenters. The third-order valence-corrected chi connectivity index (χ3v) is 3.33. The summed E-state index contributed by atoms with van der Waals surface area (Å²) in [7, 11) is 0. The molecule has 1 aliphatic heterocycles. The summed E-state index contributed by atoms with van der Waals surface area (Å²) in [5, 5.41) is 2.91. The summed E-state index contributed by atoms with van der Waals surface area (Å²) in [6, 6.07) is 6.05. The molecule has 0 aromatic heterocycles. The number of amides is 1. The molecule has 1 aromatic rings. The van der Waals surface area contributed by atoms with Crippen molar-refractivity contribution in [3.8, 4) is 0 Å². The van der Waals surface area contributed by atoms with Crippen molar-refractivity contribution in [3.05, 3.63) is 29.3 Å². The maximum absolute atomic E-state index is 11.7. The number of nitrogens with zero attached hydrogens (tertiary/aromatic N) is 1. The van der Waals surface area contributed by atoms with E-state index in [9.17, 15) is 4.79 Å². The van der Waals surface area contributed by atoms with Gasteiger partial charge in [-0.05, 0) is 30.0 Å². The number of benzene rings is 1. The zero-order chi connectivity index (χ0) is 13.0. The Kier molecular flexibility index (Phi) is 4.20. The lowest BCUT2D eigenvalue weighted by atomic mass is 9.98. The zero-order valence-electron chi connectivity index (χ0n) is 10.9. The topological polar surface area (TPSA) is 58.4 Å². The van der Waals surface area contributed by atoms with Crippen LogP contribution in [0, 0.1) is 0 Å². The fourth-order valence-electron chi connectivity index (χ4n) is 2.32. The second kappa shape index (κ2) is 5.87. The lowest BCUT2D eigenvalue weighted by Gasteiger charge is -2.29. The smallest absolute Gasteiger partial charge is 0.234 e. The van der Waals surface area contributed by atoms with Crippen LogP contribution >= 0.6 is 0 Å². The van der Waals surface area contributed by atoms with Crippen LogP contribution in [0.15, 0.2) is 18.2 Å². The van der Waals surface area contributed by atoms with Crippen molar-refractivity contribution in [3.63, 3.8) is 0 Å². The molecular formula is C14H21N3O. The molecule has 4 nitrogen and oxygen atoms in total. The minimum Gasteiger partial charge on any atom is -0.398 e. The van der Waals surface area contributed by atoms with Crippen LogP contribution in [0.3, 0.4) is 0 Å². The van der Waals surface area contributed by atoms with E-state index in [0.29, 0.717) is 6.54 Å². The number of nitrogens with two attached hydrogens (primary N) is 1. The van der Waals surface area contributed by atoms with Crippen molar-refractivity contribution in [1.29, 1.82) is 0 Å². The van der Waals surface area contributed by atoms with Crippen LogP contribution in [-0.4, -0.2) is 30.4 Å². The molecule has 98 valence electrons. The highest BCUT2D eigenvalue weighted by atomic mass is 16.2. The number of anilines is 1. The van der Waals surface area contributed by atoms with Crippen molar-refractivity contribution in [2.75, 3.05) is 25.4 Å². The normalized spacial score (nSPS) is 15.2. The predicted molar refractivity (Wildman–Crippen MR) is 73.1 cm³/mol. The summed E-state index contributed by atoms with van der Waals surface area (Å²) in [5.74, 6) is 0.106. The standard InChI is InChI=1S/C14H21N3O/c1-2-7-16-14(18)10-17-8-6-11-4-3-5-13(15)12(11)9-17/h3-5H,2,6-10,15H2,1H3,(H,16,18). The lowest BCUT2D eigenvalue weighted by Crippen LogP contribution is -2.40. The number of rotatable bonds is 4. The molecule has 2 rings (SSSR count). The second-order valence-electron chi connectivity index (χ2n) is 4.80. The van der Waals surface area contributed by atoms with Crippen LogP contribution in [-0.2, 0) is 17.8 Å². The first-order valence-electron chi connectivity index (χ1n) is 6.56. The molecule has 0 aliphatic carbocycles. The Bertz CT molecular complexity index is 431. The van der Waals surface area contributed by atoms with E-state index in [4.69, 9.17) is 5.73 Å². The summed E-state index contributed by atoms with van der Waals surface area (Å²) >= 11 is 0. The summed E-state index contributed by atoms with van der Waals surface area (Å²) in [4.78, 5) is 13.8. The molecule has 1 aromatic carbocycles. The van der Waals surface area contributed by atoms with Gasteiger partial charge < -0.3 is 11.1 Å². The molecule has 0 saturated carbocycles. The lowest BCUT2D eigenvalue weighted by molar-refractivity contribution is -0.122. The van der Waals surface area contributed by atoms with Crippen molar-refractivity contribution in [2.45, 2.75) is 26.3 Å². The molecule has 0 saturated heterocycles. The Morgan fingerprint density at radius 1 is 1.50 bits per heavy atom. The number of carbonyl (C=O) groups excluding carboxylic acids is 1. The maximum Gasteiger partial charge on any atom is 0.234 e. The second-order valence-corrected chi connectivity index (χ2v) is 4.80. The Balaban J connectivity index is 1.95. The van der Waals surface area contributed by atoms with Crippen molar-refractivity contribution in [1.82, 2.24) is 10.2 Å². The number of nitrogen functional groups attached to an aromatic ring is 1. The average molecular weight is 247 g/mol. The van der Waals surface area contributed by atoms with Crippen molar-refractivity contribution < 1.29 is 4.79 Å². The van der Waals surface area contributed by atoms with Crippen LogP contribution in [0.4, 0.5) is 5.69 Å². The Morgan fingerprint density at radius 3 is 3.11 bits per heavy atom. The van der Waals surface area contributed by atoms with E-state index in [0.717, 1.165) is 38.2 Å². The highest BCUT2D eigenvalue weighted by Crippen LogP contribution is 2.23. The van der Waals surface area contributed by atoms with Gasteiger partial charge in [-0.1, -0.05) is 19.1 Å². The van der Waals surface area contributed by atoms with E-state index in [1.165, 1.54) is 11.1 Å². The molecular weight excluding hydrogens is 226 g/mol. The highest BCUT2D eigenvalue weighted by Gasteiger charge is 2.19. The number of nitrogens with one attached hydrogen (secondary N) is 1. The number of carbonyl (C=O) groups is 1. The molecule has 1 aliphatic rings. The minimum absolute atomic E-state index is 0.106. The first-order valence-corrected chi connectivity index (χ1v) is 6.56. The summed E-state index contributed by atoms with van der Waals surface area (Å²) in [6.07, 6.45) is 1.95. The van der Waals surface area contributed by atoms with Crippen LogP contribution in [0.5, 0.6) is 0 Å². The minimum atomic E-state index is 0.106. The SMILES string of the molecule is CCCNC(=O)CN1CCc2cccc(N)c2C1.